The quantitative estimate of drug-likeness (QED) is 0.753. The number of nitrogens with two attached hydrogens (primary N) is 1. The summed E-state index contributed by atoms with van der Waals surface area (Å²) in [4.78, 5) is 9.99. The van der Waals surface area contributed by atoms with Crippen LogP contribution in [-0.4, -0.2) is 12.6 Å². The maximum Gasteiger partial charge on any atom is 0.312 e. The van der Waals surface area contributed by atoms with Gasteiger partial charge in [-0.25, -0.2) is 4.79 Å². The molecule has 2 amide bonds. The molecular weight excluding hydrogens is 200 g/mol. The summed E-state index contributed by atoms with van der Waals surface area (Å²) in [6.45, 7) is 6.39. The molecule has 3 heteroatoms. The predicted octanol–water partition coefficient (Wildman–Crippen LogP) is 2.78. The van der Waals surface area contributed by atoms with Crippen molar-refractivity contribution < 1.29 is 4.79 Å². The van der Waals surface area contributed by atoms with Crippen molar-refractivity contribution in [3.8, 4) is 0 Å². The van der Waals surface area contributed by atoms with Crippen LogP contribution in [0.1, 0.15) is 25.3 Å². The van der Waals surface area contributed by atoms with Crippen molar-refractivity contribution in [1.82, 2.24) is 5.32 Å². The predicted molar refractivity (Wildman–Crippen MR) is 69.0 cm³/mol. The molecule has 0 unspecified atom stereocenters. The van der Waals surface area contributed by atoms with Crippen molar-refractivity contribution in [3.63, 3.8) is 0 Å². The third-order valence-corrected chi connectivity index (χ3v) is 1.86. The second kappa shape index (κ2) is 9.77. The molecule has 3 N–H and O–H groups in total. The van der Waals surface area contributed by atoms with E-state index < -0.39 is 6.03 Å². The van der Waals surface area contributed by atoms with E-state index in [1.165, 1.54) is 5.56 Å². The maximum absolute atomic E-state index is 9.99. The van der Waals surface area contributed by atoms with Gasteiger partial charge in [0.05, 0.1) is 0 Å². The summed E-state index contributed by atoms with van der Waals surface area (Å²) in [5, 5.41) is 2.49. The monoisotopic (exact) mass is 220 g/mol. The van der Waals surface area contributed by atoms with Crippen LogP contribution in [0.3, 0.4) is 0 Å². The molecule has 16 heavy (non-hydrogen) atoms. The number of hydrogen-bond donors (Lipinski definition) is 2. The molecule has 0 atom stereocenters. The van der Waals surface area contributed by atoms with Crippen molar-refractivity contribution in [2.45, 2.75) is 19.8 Å². The number of carbonyl (C=O) groups is 1. The Morgan fingerprint density at radius 2 is 2.06 bits per heavy atom. The van der Waals surface area contributed by atoms with E-state index in [9.17, 15) is 4.79 Å². The van der Waals surface area contributed by atoms with Crippen LogP contribution in [0.4, 0.5) is 4.79 Å². The molecule has 88 valence electrons. The zero-order valence-electron chi connectivity index (χ0n) is 9.78. The second-order valence-electron chi connectivity index (χ2n) is 3.26. The van der Waals surface area contributed by atoms with Crippen LogP contribution in [-0.2, 0) is 0 Å². The van der Waals surface area contributed by atoms with E-state index in [0.29, 0.717) is 6.54 Å². The third kappa shape index (κ3) is 8.81. The lowest BCUT2D eigenvalue weighted by molar-refractivity contribution is 0.249. The van der Waals surface area contributed by atoms with Gasteiger partial charge < -0.3 is 11.1 Å². The smallest absolute Gasteiger partial charge is 0.312 e. The summed E-state index contributed by atoms with van der Waals surface area (Å²) in [5.41, 5.74) is 5.96. The van der Waals surface area contributed by atoms with Crippen LogP contribution < -0.4 is 11.1 Å². The first kappa shape index (κ1) is 14.2. The molecule has 0 aliphatic carbocycles. The minimum absolute atomic E-state index is 0.432. The van der Waals surface area contributed by atoms with Gasteiger partial charge in [-0.2, -0.15) is 0 Å². The molecule has 0 aromatic heterocycles. The SMILES string of the molecule is C=Cc1ccccc1.CCCCNC(N)=O. The molecule has 0 aliphatic rings. The number of primary amides is 1. The van der Waals surface area contributed by atoms with Gasteiger partial charge in [0.2, 0.25) is 0 Å². The van der Waals surface area contributed by atoms with Gasteiger partial charge in [-0.1, -0.05) is 56.3 Å². The fraction of sp³-hybridized carbons (Fsp3) is 0.308. The lowest BCUT2D eigenvalue weighted by Gasteiger charge is -1.96. The van der Waals surface area contributed by atoms with Gasteiger partial charge >= 0.3 is 6.03 Å². The van der Waals surface area contributed by atoms with Crippen LogP contribution in [0.25, 0.3) is 6.08 Å². The maximum atomic E-state index is 9.99. The Hall–Kier alpha value is -1.77. The summed E-state index contributed by atoms with van der Waals surface area (Å²) in [7, 11) is 0. The first-order chi connectivity index (χ1) is 7.70. The van der Waals surface area contributed by atoms with Gasteiger partial charge in [0.1, 0.15) is 0 Å². The zero-order chi connectivity index (χ0) is 12.2. The number of amides is 2. The summed E-state index contributed by atoms with van der Waals surface area (Å²) in [5.74, 6) is 0. The lowest BCUT2D eigenvalue weighted by atomic mass is 10.2. The summed E-state index contributed by atoms with van der Waals surface area (Å²) in [6, 6.07) is 9.60. The minimum atomic E-state index is -0.432. The molecular formula is C13H20N2O. The number of nitrogens with one attached hydrogen (secondary N) is 1. The Morgan fingerprint density at radius 3 is 2.44 bits per heavy atom. The van der Waals surface area contributed by atoms with Crippen molar-refractivity contribution in [2.24, 2.45) is 5.73 Å². The minimum Gasteiger partial charge on any atom is -0.352 e. The second-order valence-corrected chi connectivity index (χ2v) is 3.26. The Bertz CT molecular complexity index is 296. The Kier molecular flexibility index (Phi) is 8.69. The third-order valence-electron chi connectivity index (χ3n) is 1.86. The van der Waals surface area contributed by atoms with E-state index in [1.807, 2.05) is 36.4 Å². The highest BCUT2D eigenvalue weighted by Gasteiger charge is 1.86. The van der Waals surface area contributed by atoms with E-state index >= 15 is 0 Å². The molecule has 0 saturated heterocycles. The van der Waals surface area contributed by atoms with Crippen molar-refractivity contribution in [3.05, 3.63) is 42.5 Å². The van der Waals surface area contributed by atoms with Crippen LogP contribution in [0.15, 0.2) is 36.9 Å². The zero-order valence-corrected chi connectivity index (χ0v) is 9.78. The van der Waals surface area contributed by atoms with E-state index in [1.54, 1.807) is 0 Å². The standard InChI is InChI=1S/C8H8.C5H12N2O/c1-2-8-6-4-3-5-7-8;1-2-3-4-7-5(6)8/h2-7H,1H2;2-4H2,1H3,(H3,6,7,8). The number of hydrogen-bond acceptors (Lipinski definition) is 1. The van der Waals surface area contributed by atoms with Crippen LogP contribution in [0, 0.1) is 0 Å². The number of unbranched alkanes of at least 4 members (excludes halogenated alkanes) is 1. The Labute approximate surface area is 97.4 Å². The average Bonchev–Trinajstić information content (AvgIpc) is 2.31. The fourth-order valence-electron chi connectivity index (χ4n) is 0.977. The highest BCUT2D eigenvalue weighted by Crippen LogP contribution is 1.97. The molecule has 1 rings (SSSR count). The van der Waals surface area contributed by atoms with Crippen LogP contribution >= 0.6 is 0 Å². The highest BCUT2D eigenvalue weighted by molar-refractivity contribution is 5.71. The van der Waals surface area contributed by atoms with Crippen molar-refractivity contribution in [1.29, 1.82) is 0 Å². The number of benzene rings is 1. The molecule has 0 bridgehead atoms. The summed E-state index contributed by atoms with van der Waals surface area (Å²) >= 11 is 0. The fourth-order valence-corrected chi connectivity index (χ4v) is 0.977. The molecule has 0 saturated carbocycles. The summed E-state index contributed by atoms with van der Waals surface area (Å²) in [6.07, 6.45) is 3.92. The summed E-state index contributed by atoms with van der Waals surface area (Å²) < 4.78 is 0. The van der Waals surface area contributed by atoms with Crippen LogP contribution in [0.2, 0.25) is 0 Å². The van der Waals surface area contributed by atoms with Crippen molar-refractivity contribution in [2.75, 3.05) is 6.54 Å². The molecule has 0 fully saturated rings. The number of urea groups is 1. The van der Waals surface area contributed by atoms with E-state index in [2.05, 4.69) is 18.8 Å². The first-order valence-electron chi connectivity index (χ1n) is 5.41. The molecule has 0 aliphatic heterocycles. The van der Waals surface area contributed by atoms with Gasteiger partial charge in [-0.3, -0.25) is 0 Å². The molecule has 0 spiro atoms. The number of carbonyl (C=O) groups excluding carboxylic acids is 1. The number of rotatable bonds is 4. The lowest BCUT2D eigenvalue weighted by Crippen LogP contribution is -2.29. The Morgan fingerprint density at radius 1 is 1.44 bits per heavy atom. The molecule has 1 aromatic carbocycles. The van der Waals surface area contributed by atoms with E-state index in [0.717, 1.165) is 12.8 Å². The Balaban J connectivity index is 0.000000281. The largest absolute Gasteiger partial charge is 0.352 e. The van der Waals surface area contributed by atoms with Gasteiger partial charge in [0, 0.05) is 6.54 Å². The topological polar surface area (TPSA) is 55.1 Å². The normalized spacial score (nSPS) is 8.56. The van der Waals surface area contributed by atoms with E-state index in [4.69, 9.17) is 5.73 Å². The van der Waals surface area contributed by atoms with Gasteiger partial charge in [-0.15, -0.1) is 0 Å². The van der Waals surface area contributed by atoms with Gasteiger partial charge in [0.15, 0.2) is 0 Å². The molecule has 3 nitrogen and oxygen atoms in total. The molecule has 0 radical (unpaired) electrons. The van der Waals surface area contributed by atoms with Gasteiger partial charge in [0.25, 0.3) is 0 Å². The molecule has 1 aromatic rings. The average molecular weight is 220 g/mol. The van der Waals surface area contributed by atoms with Gasteiger partial charge in [-0.05, 0) is 12.0 Å². The van der Waals surface area contributed by atoms with Crippen LogP contribution in [0.5, 0.6) is 0 Å². The first-order valence-corrected chi connectivity index (χ1v) is 5.41. The highest BCUT2D eigenvalue weighted by atomic mass is 16.2. The van der Waals surface area contributed by atoms with E-state index in [-0.39, 0.29) is 0 Å². The van der Waals surface area contributed by atoms with Crippen molar-refractivity contribution >= 4 is 12.1 Å². The molecule has 0 heterocycles.